The van der Waals surface area contributed by atoms with Gasteiger partial charge in [-0.15, -0.1) is 11.3 Å². The lowest BCUT2D eigenvalue weighted by atomic mass is 10.2. The number of carbonyl (C=O) groups excluding carboxylic acids is 1. The van der Waals surface area contributed by atoms with Crippen molar-refractivity contribution in [2.45, 2.75) is 32.7 Å². The van der Waals surface area contributed by atoms with E-state index in [0.717, 1.165) is 4.88 Å². The number of rotatable bonds is 6. The van der Waals surface area contributed by atoms with E-state index >= 15 is 0 Å². The Hall–Kier alpha value is -1.66. The summed E-state index contributed by atoms with van der Waals surface area (Å²) in [6.45, 7) is 3.66. The van der Waals surface area contributed by atoms with E-state index in [-0.39, 0.29) is 25.0 Å². The number of aromatic nitrogens is 1. The van der Waals surface area contributed by atoms with E-state index in [4.69, 9.17) is 9.52 Å². The Kier molecular flexibility index (Phi) is 4.92. The standard InChI is InChI=1S/C14H18N2O3S/c1-3-10(8-17)15-13(18)7-11-9(2)19-14(16-11)12-5-4-6-20-12/h4-6,10,17H,3,7-8H2,1-2H3,(H,15,18). The van der Waals surface area contributed by atoms with Crippen LogP contribution >= 0.6 is 11.3 Å². The van der Waals surface area contributed by atoms with Crippen LogP contribution in [0.2, 0.25) is 0 Å². The Morgan fingerprint density at radius 2 is 2.40 bits per heavy atom. The number of aliphatic hydroxyl groups is 1. The second kappa shape index (κ2) is 6.67. The molecule has 0 bridgehead atoms. The zero-order chi connectivity index (χ0) is 14.5. The van der Waals surface area contributed by atoms with Crippen LogP contribution in [-0.2, 0) is 11.2 Å². The molecule has 0 aliphatic rings. The van der Waals surface area contributed by atoms with E-state index < -0.39 is 0 Å². The fourth-order valence-electron chi connectivity index (χ4n) is 1.81. The van der Waals surface area contributed by atoms with E-state index in [1.54, 1.807) is 18.3 Å². The largest absolute Gasteiger partial charge is 0.440 e. The Morgan fingerprint density at radius 1 is 1.60 bits per heavy atom. The summed E-state index contributed by atoms with van der Waals surface area (Å²) < 4.78 is 5.59. The minimum Gasteiger partial charge on any atom is -0.440 e. The lowest BCUT2D eigenvalue weighted by molar-refractivity contribution is -0.121. The summed E-state index contributed by atoms with van der Waals surface area (Å²) in [6.07, 6.45) is 0.859. The number of hydrogen-bond acceptors (Lipinski definition) is 5. The molecular weight excluding hydrogens is 276 g/mol. The Bertz CT molecular complexity index is 559. The van der Waals surface area contributed by atoms with Crippen LogP contribution < -0.4 is 5.32 Å². The van der Waals surface area contributed by atoms with Crippen LogP contribution in [0.4, 0.5) is 0 Å². The van der Waals surface area contributed by atoms with Crippen LogP contribution in [0, 0.1) is 6.92 Å². The quantitative estimate of drug-likeness (QED) is 0.856. The number of aryl methyl sites for hydroxylation is 1. The number of nitrogens with one attached hydrogen (secondary N) is 1. The van der Waals surface area contributed by atoms with Crippen LogP contribution in [-0.4, -0.2) is 28.6 Å². The summed E-state index contributed by atoms with van der Waals surface area (Å²) in [4.78, 5) is 17.2. The van der Waals surface area contributed by atoms with Crippen molar-refractivity contribution in [2.24, 2.45) is 0 Å². The highest BCUT2D eigenvalue weighted by Crippen LogP contribution is 2.25. The summed E-state index contributed by atoms with van der Waals surface area (Å²) in [5.74, 6) is 1.05. The van der Waals surface area contributed by atoms with Crippen LogP contribution in [0.25, 0.3) is 10.8 Å². The van der Waals surface area contributed by atoms with Crippen LogP contribution in [0.5, 0.6) is 0 Å². The Morgan fingerprint density at radius 3 is 3.00 bits per heavy atom. The molecule has 2 heterocycles. The molecule has 20 heavy (non-hydrogen) atoms. The summed E-state index contributed by atoms with van der Waals surface area (Å²) in [7, 11) is 0. The molecule has 0 saturated carbocycles. The molecule has 0 radical (unpaired) electrons. The fraction of sp³-hybridized carbons (Fsp3) is 0.429. The van der Waals surface area contributed by atoms with Gasteiger partial charge in [-0.3, -0.25) is 4.79 Å². The molecule has 0 aliphatic heterocycles. The van der Waals surface area contributed by atoms with Gasteiger partial charge in [0.2, 0.25) is 11.8 Å². The highest BCUT2D eigenvalue weighted by atomic mass is 32.1. The van der Waals surface area contributed by atoms with Crippen molar-refractivity contribution >= 4 is 17.2 Å². The molecule has 5 nitrogen and oxygen atoms in total. The van der Waals surface area contributed by atoms with Gasteiger partial charge in [-0.25, -0.2) is 4.98 Å². The molecule has 0 spiro atoms. The average Bonchev–Trinajstić information content (AvgIpc) is 3.06. The van der Waals surface area contributed by atoms with Gasteiger partial charge in [-0.05, 0) is 24.8 Å². The summed E-state index contributed by atoms with van der Waals surface area (Å²) in [5, 5.41) is 13.8. The van der Waals surface area contributed by atoms with Gasteiger partial charge in [0.05, 0.1) is 29.6 Å². The molecule has 2 rings (SSSR count). The molecule has 2 aromatic heterocycles. The molecule has 0 saturated heterocycles. The van der Waals surface area contributed by atoms with Crippen molar-refractivity contribution in [1.82, 2.24) is 10.3 Å². The van der Waals surface area contributed by atoms with Gasteiger partial charge < -0.3 is 14.8 Å². The predicted octanol–water partition coefficient (Wildman–Crippen LogP) is 2.14. The second-order valence-corrected chi connectivity index (χ2v) is 5.48. The SMILES string of the molecule is CCC(CO)NC(=O)Cc1nc(-c2cccs2)oc1C. The molecule has 108 valence electrons. The maximum atomic E-state index is 11.9. The topological polar surface area (TPSA) is 75.4 Å². The monoisotopic (exact) mass is 294 g/mol. The van der Waals surface area contributed by atoms with Crippen molar-refractivity contribution in [3.05, 3.63) is 29.0 Å². The van der Waals surface area contributed by atoms with Gasteiger partial charge in [0.25, 0.3) is 0 Å². The minimum absolute atomic E-state index is 0.0551. The van der Waals surface area contributed by atoms with Gasteiger partial charge in [0.15, 0.2) is 0 Å². The number of carbonyl (C=O) groups is 1. The van der Waals surface area contributed by atoms with E-state index in [0.29, 0.717) is 23.8 Å². The zero-order valence-corrected chi connectivity index (χ0v) is 12.4. The van der Waals surface area contributed by atoms with Crippen molar-refractivity contribution in [3.8, 4) is 10.8 Å². The molecule has 0 aromatic carbocycles. The molecule has 0 aliphatic carbocycles. The summed E-state index contributed by atoms with van der Waals surface area (Å²) in [6, 6.07) is 3.66. The smallest absolute Gasteiger partial charge is 0.236 e. The van der Waals surface area contributed by atoms with Crippen molar-refractivity contribution in [2.75, 3.05) is 6.61 Å². The first-order valence-electron chi connectivity index (χ1n) is 6.54. The number of aliphatic hydroxyl groups excluding tert-OH is 1. The summed E-state index contributed by atoms with van der Waals surface area (Å²) in [5.41, 5.74) is 0.638. The molecule has 0 fully saturated rings. The first-order chi connectivity index (χ1) is 9.63. The molecular formula is C14H18N2O3S. The molecule has 1 amide bonds. The van der Waals surface area contributed by atoms with Gasteiger partial charge in [-0.2, -0.15) is 0 Å². The molecule has 1 atom stereocenters. The second-order valence-electron chi connectivity index (χ2n) is 4.53. The lowest BCUT2D eigenvalue weighted by Crippen LogP contribution is -2.37. The van der Waals surface area contributed by atoms with E-state index in [1.165, 1.54) is 0 Å². The summed E-state index contributed by atoms with van der Waals surface area (Å²) >= 11 is 1.54. The zero-order valence-electron chi connectivity index (χ0n) is 11.5. The van der Waals surface area contributed by atoms with Crippen molar-refractivity contribution < 1.29 is 14.3 Å². The highest BCUT2D eigenvalue weighted by molar-refractivity contribution is 7.13. The fourth-order valence-corrected chi connectivity index (χ4v) is 2.45. The predicted molar refractivity (Wildman–Crippen MR) is 77.6 cm³/mol. The van der Waals surface area contributed by atoms with E-state index in [9.17, 15) is 4.79 Å². The normalized spacial score (nSPS) is 12.3. The highest BCUT2D eigenvalue weighted by Gasteiger charge is 2.16. The molecule has 6 heteroatoms. The maximum Gasteiger partial charge on any atom is 0.236 e. The third-order valence-electron chi connectivity index (χ3n) is 3.03. The molecule has 2 N–H and O–H groups in total. The first-order valence-corrected chi connectivity index (χ1v) is 7.42. The van der Waals surface area contributed by atoms with E-state index in [2.05, 4.69) is 10.3 Å². The Labute approximate surface area is 121 Å². The number of oxazole rings is 1. The third kappa shape index (κ3) is 3.46. The maximum absolute atomic E-state index is 11.9. The third-order valence-corrected chi connectivity index (χ3v) is 3.89. The number of amides is 1. The van der Waals surface area contributed by atoms with Crippen LogP contribution in [0.1, 0.15) is 24.8 Å². The van der Waals surface area contributed by atoms with E-state index in [1.807, 2.05) is 24.4 Å². The van der Waals surface area contributed by atoms with Crippen LogP contribution in [0.3, 0.4) is 0 Å². The molecule has 2 aromatic rings. The van der Waals surface area contributed by atoms with Gasteiger partial charge in [0.1, 0.15) is 5.76 Å². The van der Waals surface area contributed by atoms with Crippen molar-refractivity contribution in [3.63, 3.8) is 0 Å². The van der Waals surface area contributed by atoms with Crippen molar-refractivity contribution in [1.29, 1.82) is 0 Å². The van der Waals surface area contributed by atoms with Gasteiger partial charge in [0, 0.05) is 0 Å². The molecule has 1 unspecified atom stereocenters. The number of hydrogen-bond donors (Lipinski definition) is 2. The average molecular weight is 294 g/mol. The Balaban J connectivity index is 2.05. The lowest BCUT2D eigenvalue weighted by Gasteiger charge is -2.13. The number of nitrogens with zero attached hydrogens (tertiary/aromatic N) is 1. The minimum atomic E-state index is -0.202. The number of thiophene rings is 1. The van der Waals surface area contributed by atoms with Gasteiger partial charge >= 0.3 is 0 Å². The van der Waals surface area contributed by atoms with Gasteiger partial charge in [-0.1, -0.05) is 13.0 Å². The first kappa shape index (κ1) is 14.7. The van der Waals surface area contributed by atoms with Crippen LogP contribution in [0.15, 0.2) is 21.9 Å².